The van der Waals surface area contributed by atoms with Crippen molar-refractivity contribution in [3.05, 3.63) is 53.5 Å². The molecule has 1 spiro atoms. The predicted octanol–water partition coefficient (Wildman–Crippen LogP) is 3.77. The van der Waals surface area contributed by atoms with E-state index in [9.17, 15) is 22.8 Å². The van der Waals surface area contributed by atoms with Gasteiger partial charge < -0.3 is 19.7 Å². The van der Waals surface area contributed by atoms with E-state index in [2.05, 4.69) is 10.4 Å². The number of nitrogens with zero attached hydrogens (tertiary/aromatic N) is 5. The van der Waals surface area contributed by atoms with Crippen molar-refractivity contribution in [2.75, 3.05) is 25.5 Å². The van der Waals surface area contributed by atoms with Gasteiger partial charge in [0.05, 0.1) is 11.8 Å². The third kappa shape index (κ3) is 3.68. The first-order valence-corrected chi connectivity index (χ1v) is 11.0. The highest BCUT2D eigenvalue weighted by Crippen LogP contribution is 2.50. The molecule has 34 heavy (non-hydrogen) atoms. The Morgan fingerprint density at radius 3 is 2.56 bits per heavy atom. The number of carbonyl (C=O) groups excluding carboxylic acids is 2. The Morgan fingerprint density at radius 2 is 1.88 bits per heavy atom. The second kappa shape index (κ2) is 7.51. The van der Waals surface area contributed by atoms with Crippen LogP contribution in [0.4, 0.5) is 23.7 Å². The highest BCUT2D eigenvalue weighted by atomic mass is 19.4. The molecule has 3 heterocycles. The maximum atomic E-state index is 13.1. The summed E-state index contributed by atoms with van der Waals surface area (Å²) in [5.74, 6) is -0.0584. The molecule has 1 saturated carbocycles. The molecule has 2 aromatic heterocycles. The third-order valence-corrected chi connectivity index (χ3v) is 6.97. The summed E-state index contributed by atoms with van der Waals surface area (Å²) < 4.78 is 42.7. The van der Waals surface area contributed by atoms with Gasteiger partial charge in [-0.2, -0.15) is 18.3 Å². The van der Waals surface area contributed by atoms with Crippen molar-refractivity contribution in [2.24, 2.45) is 12.5 Å². The van der Waals surface area contributed by atoms with E-state index in [1.807, 2.05) is 17.8 Å². The highest BCUT2D eigenvalue weighted by Gasteiger charge is 2.55. The van der Waals surface area contributed by atoms with Crippen LogP contribution < -0.4 is 5.32 Å². The summed E-state index contributed by atoms with van der Waals surface area (Å²) in [7, 11) is 3.51. The molecule has 1 aliphatic heterocycles. The number of alkyl halides is 3. The summed E-state index contributed by atoms with van der Waals surface area (Å²) in [6, 6.07) is 3.03. The SMILES string of the molecule is Cc1cc(NC(=O)N(C)C2CC3(C2)CN(C(=O)c2cnn4ccn(C)c24)C3)cc(C(F)(F)F)c1. The van der Waals surface area contributed by atoms with Crippen molar-refractivity contribution >= 4 is 23.3 Å². The number of halogens is 3. The Morgan fingerprint density at radius 1 is 1.18 bits per heavy atom. The van der Waals surface area contributed by atoms with Crippen LogP contribution in [0.5, 0.6) is 0 Å². The lowest BCUT2D eigenvalue weighted by Crippen LogP contribution is -2.67. The van der Waals surface area contributed by atoms with Crippen molar-refractivity contribution in [1.82, 2.24) is 24.0 Å². The molecule has 0 radical (unpaired) electrons. The standard InChI is InChI=1S/C23H25F3N6O2/c1-14-6-15(23(24,25)26)8-16(7-14)28-21(34)30(3)17-9-22(10-17)12-31(13-22)20(33)18-11-27-32-5-4-29(2)19(18)32/h4-8,11,17H,9-10,12-13H2,1-3H3,(H,28,34). The first-order chi connectivity index (χ1) is 16.0. The lowest BCUT2D eigenvalue weighted by Gasteiger charge is -2.60. The molecule has 2 aliphatic rings. The van der Waals surface area contributed by atoms with Gasteiger partial charge in [0.1, 0.15) is 11.2 Å². The number of imidazole rings is 1. The summed E-state index contributed by atoms with van der Waals surface area (Å²) in [6.07, 6.45) is 2.23. The number of anilines is 1. The van der Waals surface area contributed by atoms with Gasteiger partial charge in [-0.3, -0.25) is 4.79 Å². The molecule has 0 atom stereocenters. The molecular formula is C23H25F3N6O2. The number of benzene rings is 1. The zero-order valence-corrected chi connectivity index (χ0v) is 19.1. The van der Waals surface area contributed by atoms with E-state index in [-0.39, 0.29) is 23.1 Å². The number of likely N-dealkylation sites (tertiary alicyclic amines) is 1. The van der Waals surface area contributed by atoms with Gasteiger partial charge in [-0.25, -0.2) is 9.31 Å². The number of carbonyl (C=O) groups is 2. The van der Waals surface area contributed by atoms with Gasteiger partial charge in [-0.1, -0.05) is 0 Å². The number of urea groups is 1. The van der Waals surface area contributed by atoms with E-state index in [0.29, 0.717) is 24.2 Å². The summed E-state index contributed by atoms with van der Waals surface area (Å²) in [6.45, 7) is 2.79. The first kappa shape index (κ1) is 22.3. The van der Waals surface area contributed by atoms with Crippen molar-refractivity contribution in [3.63, 3.8) is 0 Å². The molecule has 0 unspecified atom stereocenters. The summed E-state index contributed by atoms with van der Waals surface area (Å²) in [4.78, 5) is 28.9. The molecule has 0 bridgehead atoms. The fourth-order valence-electron chi connectivity index (χ4n) is 5.15. The minimum Gasteiger partial charge on any atom is -0.337 e. The van der Waals surface area contributed by atoms with E-state index >= 15 is 0 Å². The molecule has 5 rings (SSSR count). The normalized spacial score (nSPS) is 17.5. The van der Waals surface area contributed by atoms with Gasteiger partial charge in [-0.15, -0.1) is 0 Å². The molecule has 2 fully saturated rings. The molecule has 3 amide bonds. The number of aryl methyl sites for hydroxylation is 2. The van der Waals surface area contributed by atoms with Crippen molar-refractivity contribution in [2.45, 2.75) is 32.0 Å². The minimum atomic E-state index is -4.48. The highest BCUT2D eigenvalue weighted by molar-refractivity contribution is 6.00. The van der Waals surface area contributed by atoms with Crippen LogP contribution in [0.2, 0.25) is 0 Å². The molecule has 1 N–H and O–H groups in total. The quantitative estimate of drug-likeness (QED) is 0.628. The number of nitrogens with one attached hydrogen (secondary N) is 1. The lowest BCUT2D eigenvalue weighted by atomic mass is 9.60. The van der Waals surface area contributed by atoms with Crippen LogP contribution in [0.25, 0.3) is 5.65 Å². The zero-order valence-electron chi connectivity index (χ0n) is 19.1. The maximum Gasteiger partial charge on any atom is 0.416 e. The number of hydrogen-bond donors (Lipinski definition) is 1. The maximum absolute atomic E-state index is 13.1. The van der Waals surface area contributed by atoms with E-state index < -0.39 is 17.8 Å². The van der Waals surface area contributed by atoms with Gasteiger partial charge >= 0.3 is 12.2 Å². The van der Waals surface area contributed by atoms with Crippen LogP contribution in [-0.4, -0.2) is 62.1 Å². The topological polar surface area (TPSA) is 74.9 Å². The fraction of sp³-hybridized carbons (Fsp3) is 0.435. The van der Waals surface area contributed by atoms with Gasteiger partial charge in [0.15, 0.2) is 0 Å². The second-order valence-corrected chi connectivity index (χ2v) is 9.59. The Labute approximate surface area is 193 Å². The molecule has 180 valence electrons. The monoisotopic (exact) mass is 474 g/mol. The number of hydrogen-bond acceptors (Lipinski definition) is 3. The molecule has 11 heteroatoms. The predicted molar refractivity (Wildman–Crippen MR) is 118 cm³/mol. The van der Waals surface area contributed by atoms with Crippen LogP contribution in [0, 0.1) is 12.3 Å². The van der Waals surface area contributed by atoms with Crippen molar-refractivity contribution in [1.29, 1.82) is 0 Å². The molecule has 1 aromatic carbocycles. The average molecular weight is 474 g/mol. The Hall–Kier alpha value is -3.50. The Kier molecular flexibility index (Phi) is 4.92. The minimum absolute atomic E-state index is 0.0118. The van der Waals surface area contributed by atoms with Crippen LogP contribution in [0.15, 0.2) is 36.8 Å². The van der Waals surface area contributed by atoms with E-state index in [0.717, 1.165) is 30.6 Å². The molecule has 8 nitrogen and oxygen atoms in total. The van der Waals surface area contributed by atoms with E-state index in [4.69, 9.17) is 0 Å². The van der Waals surface area contributed by atoms with Gasteiger partial charge in [-0.05, 0) is 43.5 Å². The smallest absolute Gasteiger partial charge is 0.337 e. The van der Waals surface area contributed by atoms with Crippen molar-refractivity contribution in [3.8, 4) is 0 Å². The molecule has 1 aliphatic carbocycles. The number of amides is 3. The van der Waals surface area contributed by atoms with Gasteiger partial charge in [0, 0.05) is 56.7 Å². The largest absolute Gasteiger partial charge is 0.416 e. The third-order valence-electron chi connectivity index (χ3n) is 6.97. The van der Waals surface area contributed by atoms with Gasteiger partial charge in [0.2, 0.25) is 0 Å². The molecule has 3 aromatic rings. The number of aromatic nitrogens is 3. The van der Waals surface area contributed by atoms with Gasteiger partial charge in [0.25, 0.3) is 5.91 Å². The summed E-state index contributed by atoms with van der Waals surface area (Å²) in [5.41, 5.74) is 1.04. The van der Waals surface area contributed by atoms with E-state index in [1.54, 1.807) is 35.8 Å². The van der Waals surface area contributed by atoms with Crippen LogP contribution in [0.3, 0.4) is 0 Å². The van der Waals surface area contributed by atoms with Crippen LogP contribution >= 0.6 is 0 Å². The second-order valence-electron chi connectivity index (χ2n) is 9.59. The lowest BCUT2D eigenvalue weighted by molar-refractivity contribution is -0.137. The first-order valence-electron chi connectivity index (χ1n) is 11.0. The number of fused-ring (bicyclic) bond motifs is 1. The Bertz CT molecular complexity index is 1280. The van der Waals surface area contributed by atoms with Crippen LogP contribution in [0.1, 0.15) is 34.3 Å². The average Bonchev–Trinajstić information content (AvgIpc) is 3.27. The molecule has 1 saturated heterocycles. The van der Waals surface area contributed by atoms with E-state index in [1.165, 1.54) is 11.0 Å². The Balaban J connectivity index is 1.17. The zero-order chi connectivity index (χ0) is 24.4. The van der Waals surface area contributed by atoms with Crippen LogP contribution in [-0.2, 0) is 13.2 Å². The number of rotatable bonds is 3. The fourth-order valence-corrected chi connectivity index (χ4v) is 5.15. The summed E-state index contributed by atoms with van der Waals surface area (Å²) >= 11 is 0. The molecular weight excluding hydrogens is 449 g/mol. The van der Waals surface area contributed by atoms with Crippen molar-refractivity contribution < 1.29 is 22.8 Å². The summed E-state index contributed by atoms with van der Waals surface area (Å²) in [5, 5.41) is 6.80.